The molecule has 0 spiro atoms. The second-order valence-electron chi connectivity index (χ2n) is 8.45. The summed E-state index contributed by atoms with van der Waals surface area (Å²) in [6.07, 6.45) is 4.49. The first-order valence-electron chi connectivity index (χ1n) is 10.9. The number of nitrogens with zero attached hydrogens (tertiary/aromatic N) is 1. The van der Waals surface area contributed by atoms with Crippen LogP contribution in [0, 0.1) is 5.92 Å². The van der Waals surface area contributed by atoms with E-state index in [2.05, 4.69) is 41.6 Å². The molecule has 4 nitrogen and oxygen atoms in total. The third-order valence-electron chi connectivity index (χ3n) is 6.11. The fourth-order valence-corrected chi connectivity index (χ4v) is 4.84. The van der Waals surface area contributed by atoms with E-state index in [4.69, 9.17) is 9.47 Å². The summed E-state index contributed by atoms with van der Waals surface area (Å²) in [4.78, 5) is 15.3. The quantitative estimate of drug-likeness (QED) is 0.334. The SMILES string of the molecule is CC1O[C@H]([C@H](C2CC2)N(Cc2ccccc2)C(=O)OCc2ccccc2)CCC1I. The van der Waals surface area contributed by atoms with Crippen molar-refractivity contribution in [1.29, 1.82) is 0 Å². The van der Waals surface area contributed by atoms with Crippen molar-refractivity contribution in [2.45, 2.75) is 67.9 Å². The lowest BCUT2D eigenvalue weighted by molar-refractivity contribution is -0.0811. The first kappa shape index (κ1) is 21.6. The van der Waals surface area contributed by atoms with Gasteiger partial charge in [0.05, 0.1) is 18.2 Å². The molecule has 1 amide bonds. The van der Waals surface area contributed by atoms with E-state index in [9.17, 15) is 4.79 Å². The summed E-state index contributed by atoms with van der Waals surface area (Å²) in [5.74, 6) is 0.501. The molecule has 0 radical (unpaired) electrons. The summed E-state index contributed by atoms with van der Waals surface area (Å²) in [6.45, 7) is 3.00. The summed E-state index contributed by atoms with van der Waals surface area (Å²) in [6, 6.07) is 20.2. The van der Waals surface area contributed by atoms with Gasteiger partial charge in [0.25, 0.3) is 0 Å². The molecule has 2 aliphatic rings. The fourth-order valence-electron chi connectivity index (χ4n) is 4.31. The number of ether oxygens (including phenoxy) is 2. The monoisotopic (exact) mass is 519 g/mol. The minimum Gasteiger partial charge on any atom is -0.445 e. The van der Waals surface area contributed by atoms with Crippen LogP contribution < -0.4 is 0 Å². The predicted molar refractivity (Wildman–Crippen MR) is 127 cm³/mol. The number of hydrogen-bond donors (Lipinski definition) is 0. The molecule has 4 rings (SSSR count). The molecule has 160 valence electrons. The van der Waals surface area contributed by atoms with Crippen molar-refractivity contribution in [1.82, 2.24) is 4.90 Å². The van der Waals surface area contributed by atoms with Crippen LogP contribution in [0.2, 0.25) is 0 Å². The van der Waals surface area contributed by atoms with E-state index in [1.807, 2.05) is 53.4 Å². The number of alkyl halides is 1. The van der Waals surface area contributed by atoms with Gasteiger partial charge in [-0.3, -0.25) is 4.90 Å². The summed E-state index contributed by atoms with van der Waals surface area (Å²) < 4.78 is 12.8. The Morgan fingerprint density at radius 2 is 1.67 bits per heavy atom. The highest BCUT2D eigenvalue weighted by Crippen LogP contribution is 2.42. The number of hydrogen-bond acceptors (Lipinski definition) is 3. The average molecular weight is 519 g/mol. The summed E-state index contributed by atoms with van der Waals surface area (Å²) in [7, 11) is 0. The normalized spacial score (nSPS) is 24.8. The number of amides is 1. The van der Waals surface area contributed by atoms with E-state index in [0.29, 0.717) is 23.0 Å². The zero-order chi connectivity index (χ0) is 20.9. The molecule has 1 saturated heterocycles. The molecule has 1 aliphatic heterocycles. The van der Waals surface area contributed by atoms with Crippen LogP contribution in [0.3, 0.4) is 0 Å². The first-order chi connectivity index (χ1) is 14.6. The Morgan fingerprint density at radius 3 is 2.27 bits per heavy atom. The van der Waals surface area contributed by atoms with Gasteiger partial charge in [0.1, 0.15) is 6.61 Å². The molecular formula is C25H30INO3. The Bertz CT molecular complexity index is 812. The van der Waals surface area contributed by atoms with E-state index in [1.54, 1.807) is 0 Å². The Kier molecular flexibility index (Phi) is 7.31. The van der Waals surface area contributed by atoms with Gasteiger partial charge in [0.15, 0.2) is 0 Å². The number of carbonyl (C=O) groups is 1. The molecule has 4 atom stereocenters. The number of halogens is 1. The van der Waals surface area contributed by atoms with Crippen LogP contribution in [0.5, 0.6) is 0 Å². The molecule has 2 fully saturated rings. The Labute approximate surface area is 193 Å². The smallest absolute Gasteiger partial charge is 0.410 e. The average Bonchev–Trinajstić information content (AvgIpc) is 3.60. The molecule has 1 saturated carbocycles. The topological polar surface area (TPSA) is 38.8 Å². The zero-order valence-electron chi connectivity index (χ0n) is 17.5. The van der Waals surface area contributed by atoms with Gasteiger partial charge in [-0.15, -0.1) is 0 Å². The highest BCUT2D eigenvalue weighted by Gasteiger charge is 2.45. The van der Waals surface area contributed by atoms with Crippen molar-refractivity contribution < 1.29 is 14.3 Å². The van der Waals surface area contributed by atoms with Crippen molar-refractivity contribution in [2.75, 3.05) is 0 Å². The van der Waals surface area contributed by atoms with Gasteiger partial charge in [0.2, 0.25) is 0 Å². The van der Waals surface area contributed by atoms with Gasteiger partial charge in [-0.25, -0.2) is 4.79 Å². The molecule has 30 heavy (non-hydrogen) atoms. The van der Waals surface area contributed by atoms with Crippen molar-refractivity contribution >= 4 is 28.7 Å². The third-order valence-corrected chi connectivity index (χ3v) is 7.74. The van der Waals surface area contributed by atoms with Crippen LogP contribution >= 0.6 is 22.6 Å². The van der Waals surface area contributed by atoms with Crippen molar-refractivity contribution in [3.05, 3.63) is 71.8 Å². The Morgan fingerprint density at radius 1 is 1.03 bits per heavy atom. The molecule has 0 aromatic heterocycles. The van der Waals surface area contributed by atoms with Crippen molar-refractivity contribution in [3.8, 4) is 0 Å². The predicted octanol–water partition coefficient (Wildman–Crippen LogP) is 5.98. The maximum Gasteiger partial charge on any atom is 0.410 e. The van der Waals surface area contributed by atoms with Crippen LogP contribution in [0.15, 0.2) is 60.7 Å². The highest BCUT2D eigenvalue weighted by atomic mass is 127. The van der Waals surface area contributed by atoms with E-state index < -0.39 is 0 Å². The lowest BCUT2D eigenvalue weighted by atomic mass is 9.94. The molecule has 1 aliphatic carbocycles. The molecule has 0 N–H and O–H groups in total. The molecule has 1 heterocycles. The van der Waals surface area contributed by atoms with E-state index in [-0.39, 0.29) is 24.3 Å². The second-order valence-corrected chi connectivity index (χ2v) is 10.1. The summed E-state index contributed by atoms with van der Waals surface area (Å²) >= 11 is 2.49. The standard InChI is InChI=1S/C25H30INO3/c1-18-22(26)14-15-23(30-18)24(21-12-13-21)27(16-19-8-4-2-5-9-19)25(28)29-17-20-10-6-3-7-11-20/h2-11,18,21-24H,12-17H2,1H3/t18?,22?,23-,24-/m0/s1. The molecular weight excluding hydrogens is 489 g/mol. The maximum atomic E-state index is 13.3. The summed E-state index contributed by atoms with van der Waals surface area (Å²) in [5, 5.41) is 0. The maximum absolute atomic E-state index is 13.3. The van der Waals surface area contributed by atoms with Gasteiger partial charge in [-0.1, -0.05) is 83.3 Å². The number of carbonyl (C=O) groups excluding carboxylic acids is 1. The minimum absolute atomic E-state index is 0.0693. The third kappa shape index (κ3) is 5.55. The molecule has 2 aromatic carbocycles. The van der Waals surface area contributed by atoms with E-state index >= 15 is 0 Å². The lowest BCUT2D eigenvalue weighted by Gasteiger charge is -2.41. The highest BCUT2D eigenvalue weighted by molar-refractivity contribution is 14.1. The lowest BCUT2D eigenvalue weighted by Crippen LogP contribution is -2.52. The van der Waals surface area contributed by atoms with Crippen LogP contribution in [0.25, 0.3) is 0 Å². The number of rotatable bonds is 7. The first-order valence-corrected chi connectivity index (χ1v) is 12.2. The fraction of sp³-hybridized carbons (Fsp3) is 0.480. The van der Waals surface area contributed by atoms with Crippen LogP contribution in [0.4, 0.5) is 4.79 Å². The molecule has 2 unspecified atom stereocenters. The largest absolute Gasteiger partial charge is 0.445 e. The van der Waals surface area contributed by atoms with Crippen molar-refractivity contribution in [2.24, 2.45) is 5.92 Å². The van der Waals surface area contributed by atoms with Gasteiger partial charge in [0, 0.05) is 10.5 Å². The van der Waals surface area contributed by atoms with Crippen LogP contribution in [0.1, 0.15) is 43.7 Å². The second kappa shape index (κ2) is 10.1. The molecule has 2 aromatic rings. The Balaban J connectivity index is 1.54. The minimum atomic E-state index is -0.243. The van der Waals surface area contributed by atoms with E-state index in [1.165, 1.54) is 0 Å². The van der Waals surface area contributed by atoms with Crippen molar-refractivity contribution in [3.63, 3.8) is 0 Å². The van der Waals surface area contributed by atoms with Gasteiger partial charge >= 0.3 is 6.09 Å². The van der Waals surface area contributed by atoms with Crippen LogP contribution in [-0.4, -0.2) is 33.2 Å². The van der Waals surface area contributed by atoms with Gasteiger partial charge in [-0.05, 0) is 49.7 Å². The molecule has 0 bridgehead atoms. The van der Waals surface area contributed by atoms with Gasteiger partial charge in [-0.2, -0.15) is 0 Å². The molecule has 5 heteroatoms. The zero-order valence-corrected chi connectivity index (χ0v) is 19.6. The Hall–Kier alpha value is -1.60. The number of benzene rings is 2. The van der Waals surface area contributed by atoms with E-state index in [0.717, 1.165) is 36.8 Å². The summed E-state index contributed by atoms with van der Waals surface area (Å²) in [5.41, 5.74) is 2.12. The van der Waals surface area contributed by atoms with Gasteiger partial charge < -0.3 is 9.47 Å². The van der Waals surface area contributed by atoms with Crippen LogP contribution in [-0.2, 0) is 22.6 Å².